The van der Waals surface area contributed by atoms with Gasteiger partial charge in [0.1, 0.15) is 11.3 Å². The van der Waals surface area contributed by atoms with Crippen LogP contribution in [0.3, 0.4) is 0 Å². The number of hydrogen-bond acceptors (Lipinski definition) is 5. The highest BCUT2D eigenvalue weighted by molar-refractivity contribution is 5.86. The molecule has 0 unspecified atom stereocenters. The van der Waals surface area contributed by atoms with Crippen LogP contribution in [0.1, 0.15) is 11.1 Å². The van der Waals surface area contributed by atoms with Gasteiger partial charge in [-0.05, 0) is 46.2 Å². The van der Waals surface area contributed by atoms with Crippen LogP contribution < -0.4 is 9.64 Å². The summed E-state index contributed by atoms with van der Waals surface area (Å²) in [6, 6.07) is 30.2. The molecule has 0 aliphatic heterocycles. The number of aliphatic carboxylic acids is 1. The van der Waals surface area contributed by atoms with Crippen LogP contribution in [-0.4, -0.2) is 22.7 Å². The molecular weight excluding hydrogens is 416 g/mol. The molecule has 0 saturated heterocycles. The molecule has 1 aromatic heterocycles. The van der Waals surface area contributed by atoms with Gasteiger partial charge in [-0.2, -0.15) is 4.98 Å². The van der Waals surface area contributed by atoms with Crippen molar-refractivity contribution in [2.75, 3.05) is 11.5 Å². The molecule has 0 fully saturated rings. The van der Waals surface area contributed by atoms with E-state index in [1.54, 1.807) is 6.07 Å². The van der Waals surface area contributed by atoms with Gasteiger partial charge in [-0.25, -0.2) is 4.79 Å². The van der Waals surface area contributed by atoms with Crippen molar-refractivity contribution in [2.24, 2.45) is 0 Å². The SMILES string of the molecule is O=C(O)COc1cccc(CN(Cc2cccc3ccccc23)c2nc3ccccc3o2)c1. The molecule has 1 heterocycles. The zero-order valence-electron chi connectivity index (χ0n) is 17.8. The number of oxazole rings is 1. The Morgan fingerprint density at radius 3 is 2.58 bits per heavy atom. The van der Waals surface area contributed by atoms with Crippen molar-refractivity contribution in [3.05, 3.63) is 102 Å². The molecule has 6 nitrogen and oxygen atoms in total. The zero-order valence-corrected chi connectivity index (χ0v) is 17.8. The predicted molar refractivity (Wildman–Crippen MR) is 127 cm³/mol. The van der Waals surface area contributed by atoms with Gasteiger partial charge in [0.15, 0.2) is 12.2 Å². The van der Waals surface area contributed by atoms with Crippen LogP contribution in [-0.2, 0) is 17.9 Å². The normalized spacial score (nSPS) is 11.0. The summed E-state index contributed by atoms with van der Waals surface area (Å²) in [6.07, 6.45) is 0. The number of carboxylic acids is 1. The van der Waals surface area contributed by atoms with Crippen LogP contribution in [0.2, 0.25) is 0 Å². The minimum absolute atomic E-state index is 0.381. The molecule has 5 rings (SSSR count). The molecule has 1 N–H and O–H groups in total. The molecule has 0 bridgehead atoms. The first-order valence-electron chi connectivity index (χ1n) is 10.7. The number of carboxylic acid groups (broad SMARTS) is 1. The Morgan fingerprint density at radius 2 is 1.70 bits per heavy atom. The smallest absolute Gasteiger partial charge is 0.341 e. The lowest BCUT2D eigenvalue weighted by Crippen LogP contribution is -2.22. The van der Waals surface area contributed by atoms with Crippen LogP contribution in [0.5, 0.6) is 5.75 Å². The molecular formula is C27H22N2O4. The number of anilines is 1. The Labute approximate surface area is 190 Å². The van der Waals surface area contributed by atoms with E-state index >= 15 is 0 Å². The third-order valence-corrected chi connectivity index (χ3v) is 5.43. The van der Waals surface area contributed by atoms with Crippen LogP contribution in [0.25, 0.3) is 21.9 Å². The lowest BCUT2D eigenvalue weighted by Gasteiger charge is -2.22. The van der Waals surface area contributed by atoms with Crippen molar-refractivity contribution in [3.63, 3.8) is 0 Å². The molecule has 0 radical (unpaired) electrons. The average molecular weight is 438 g/mol. The zero-order chi connectivity index (χ0) is 22.6. The first-order chi connectivity index (χ1) is 16.2. The second kappa shape index (κ2) is 9.04. The van der Waals surface area contributed by atoms with E-state index in [0.717, 1.165) is 22.2 Å². The molecule has 0 atom stereocenters. The summed E-state index contributed by atoms with van der Waals surface area (Å²) in [5.74, 6) is -0.498. The first-order valence-corrected chi connectivity index (χ1v) is 10.7. The van der Waals surface area contributed by atoms with Crippen molar-refractivity contribution in [3.8, 4) is 5.75 Å². The molecule has 0 amide bonds. The van der Waals surface area contributed by atoms with Crippen molar-refractivity contribution in [2.45, 2.75) is 13.1 Å². The lowest BCUT2D eigenvalue weighted by atomic mass is 10.0. The number of benzene rings is 4. The van der Waals surface area contributed by atoms with E-state index < -0.39 is 5.97 Å². The number of nitrogens with zero attached hydrogens (tertiary/aromatic N) is 2. The Balaban J connectivity index is 1.50. The van der Waals surface area contributed by atoms with Crippen LogP contribution in [0.15, 0.2) is 95.4 Å². The number of carbonyl (C=O) groups is 1. The maximum absolute atomic E-state index is 10.9. The minimum atomic E-state index is -1.01. The number of aromatic nitrogens is 1. The van der Waals surface area contributed by atoms with E-state index in [-0.39, 0.29) is 6.61 Å². The third-order valence-electron chi connectivity index (χ3n) is 5.43. The molecule has 0 spiro atoms. The van der Waals surface area contributed by atoms with Gasteiger partial charge in [0.2, 0.25) is 0 Å². The van der Waals surface area contributed by atoms with Crippen molar-refractivity contribution in [1.29, 1.82) is 0 Å². The molecule has 5 aromatic rings. The summed E-state index contributed by atoms with van der Waals surface area (Å²) in [5, 5.41) is 11.3. The van der Waals surface area contributed by atoms with Gasteiger partial charge in [0.25, 0.3) is 6.01 Å². The largest absolute Gasteiger partial charge is 0.482 e. The number of para-hydroxylation sites is 2. The van der Waals surface area contributed by atoms with Gasteiger partial charge < -0.3 is 19.2 Å². The topological polar surface area (TPSA) is 75.8 Å². The number of ether oxygens (including phenoxy) is 1. The summed E-state index contributed by atoms with van der Waals surface area (Å²) in [4.78, 5) is 17.7. The second-order valence-corrected chi connectivity index (χ2v) is 7.79. The summed E-state index contributed by atoms with van der Waals surface area (Å²) in [7, 11) is 0. The van der Waals surface area contributed by atoms with Crippen LogP contribution >= 0.6 is 0 Å². The van der Waals surface area contributed by atoms with E-state index in [1.807, 2.05) is 54.6 Å². The summed E-state index contributed by atoms with van der Waals surface area (Å²) >= 11 is 0. The fourth-order valence-electron chi connectivity index (χ4n) is 3.92. The Kier molecular flexibility index (Phi) is 5.64. The monoisotopic (exact) mass is 438 g/mol. The highest BCUT2D eigenvalue weighted by Crippen LogP contribution is 2.28. The average Bonchev–Trinajstić information content (AvgIpc) is 3.27. The molecule has 33 heavy (non-hydrogen) atoms. The second-order valence-electron chi connectivity index (χ2n) is 7.79. The van der Waals surface area contributed by atoms with Crippen molar-refractivity contribution < 1.29 is 19.1 Å². The highest BCUT2D eigenvalue weighted by Gasteiger charge is 2.17. The number of rotatable bonds is 8. The van der Waals surface area contributed by atoms with E-state index in [0.29, 0.717) is 24.9 Å². The molecule has 0 aliphatic carbocycles. The van der Waals surface area contributed by atoms with E-state index in [9.17, 15) is 4.79 Å². The van der Waals surface area contributed by atoms with Crippen LogP contribution in [0.4, 0.5) is 6.01 Å². The Hall–Kier alpha value is -4.32. The number of hydrogen-bond donors (Lipinski definition) is 1. The van der Waals surface area contributed by atoms with Gasteiger partial charge >= 0.3 is 5.97 Å². The van der Waals surface area contributed by atoms with Crippen molar-refractivity contribution >= 4 is 33.9 Å². The Morgan fingerprint density at radius 1 is 0.909 bits per heavy atom. The van der Waals surface area contributed by atoms with E-state index in [4.69, 9.17) is 19.2 Å². The summed E-state index contributed by atoms with van der Waals surface area (Å²) in [5.41, 5.74) is 3.65. The maximum atomic E-state index is 10.9. The van der Waals surface area contributed by atoms with Gasteiger partial charge in [0, 0.05) is 13.1 Å². The fraction of sp³-hybridized carbons (Fsp3) is 0.111. The van der Waals surface area contributed by atoms with Gasteiger partial charge in [-0.15, -0.1) is 0 Å². The predicted octanol–water partition coefficient (Wildman–Crippen LogP) is 5.65. The van der Waals surface area contributed by atoms with E-state index in [1.165, 1.54) is 10.8 Å². The maximum Gasteiger partial charge on any atom is 0.341 e. The minimum Gasteiger partial charge on any atom is -0.482 e. The standard InChI is InChI=1S/C27H22N2O4/c30-26(31)18-32-22-11-5-7-19(15-22)16-29(27-28-24-13-3-4-14-25(24)33-27)17-21-10-6-9-20-8-1-2-12-23(20)21/h1-15H,16-18H2,(H,30,31). The molecule has 164 valence electrons. The molecule has 6 heteroatoms. The fourth-order valence-corrected chi connectivity index (χ4v) is 3.92. The van der Waals surface area contributed by atoms with Crippen LogP contribution in [0, 0.1) is 0 Å². The van der Waals surface area contributed by atoms with Crippen molar-refractivity contribution in [1.82, 2.24) is 4.98 Å². The van der Waals surface area contributed by atoms with Gasteiger partial charge in [-0.1, -0.05) is 66.7 Å². The molecule has 0 aliphatic rings. The lowest BCUT2D eigenvalue weighted by molar-refractivity contribution is -0.139. The quantitative estimate of drug-likeness (QED) is 0.337. The summed E-state index contributed by atoms with van der Waals surface area (Å²) < 4.78 is 11.5. The van der Waals surface area contributed by atoms with Gasteiger partial charge in [0.05, 0.1) is 0 Å². The third kappa shape index (κ3) is 4.65. The highest BCUT2D eigenvalue weighted by atomic mass is 16.5. The number of fused-ring (bicyclic) bond motifs is 2. The molecule has 4 aromatic carbocycles. The van der Waals surface area contributed by atoms with E-state index in [2.05, 4.69) is 35.2 Å². The Bertz CT molecular complexity index is 1390. The van der Waals surface area contributed by atoms with Gasteiger partial charge in [-0.3, -0.25) is 0 Å². The molecule has 0 saturated carbocycles. The first kappa shape index (κ1) is 20.6. The summed E-state index contributed by atoms with van der Waals surface area (Å²) in [6.45, 7) is 0.725.